The Hall–Kier alpha value is -1.48. The summed E-state index contributed by atoms with van der Waals surface area (Å²) in [5.74, 6) is 0. The monoisotopic (exact) mass is 382 g/mol. The molecular weight excluding hydrogens is 352 g/mol. The Kier molecular flexibility index (Phi) is 9.66. The minimum absolute atomic E-state index is 0.614. The van der Waals surface area contributed by atoms with Crippen LogP contribution in [0, 0.1) is 6.92 Å². The van der Waals surface area contributed by atoms with Crippen LogP contribution >= 0.6 is 24.4 Å². The van der Waals surface area contributed by atoms with E-state index < -0.39 is 0 Å². The second kappa shape index (κ2) is 11.2. The van der Waals surface area contributed by atoms with Crippen LogP contribution in [-0.2, 0) is 0 Å². The van der Waals surface area contributed by atoms with Gasteiger partial charge in [-0.3, -0.25) is 0 Å². The molecule has 0 saturated heterocycles. The normalized spacial score (nSPS) is 10.7. The molecule has 8 heteroatoms. The van der Waals surface area contributed by atoms with Gasteiger partial charge in [-0.15, -0.1) is 0 Å². The summed E-state index contributed by atoms with van der Waals surface area (Å²) in [6.45, 7) is 5.50. The molecule has 0 heterocycles. The zero-order valence-corrected chi connectivity index (χ0v) is 17.4. The summed E-state index contributed by atoms with van der Waals surface area (Å²) < 4.78 is 0. The maximum atomic E-state index is 5.36. The molecule has 0 fully saturated rings. The minimum Gasteiger partial charge on any atom is -0.361 e. The highest BCUT2D eigenvalue weighted by Crippen LogP contribution is 2.20. The van der Waals surface area contributed by atoms with Crippen molar-refractivity contribution in [1.29, 1.82) is 0 Å². The van der Waals surface area contributed by atoms with E-state index in [-0.39, 0.29) is 0 Å². The van der Waals surface area contributed by atoms with E-state index in [1.807, 2.05) is 53.3 Å². The first-order valence-electron chi connectivity index (χ1n) is 8.27. The van der Waals surface area contributed by atoms with Crippen LogP contribution in [0.25, 0.3) is 0 Å². The van der Waals surface area contributed by atoms with Gasteiger partial charge in [0.05, 0.1) is 0 Å². The van der Waals surface area contributed by atoms with Crippen LogP contribution < -0.4 is 21.3 Å². The highest BCUT2D eigenvalue weighted by Gasteiger charge is 2.05. The number of likely N-dealkylation sites (N-methyl/N-ethyl adjacent to an activating group) is 2. The fraction of sp³-hybridized carbons (Fsp3) is 0.529. The summed E-state index contributed by atoms with van der Waals surface area (Å²) in [6, 6.07) is 6.05. The number of rotatable bonds is 8. The second-order valence-corrected chi connectivity index (χ2v) is 7.21. The van der Waals surface area contributed by atoms with Gasteiger partial charge < -0.3 is 31.1 Å². The molecule has 0 aromatic heterocycles. The molecule has 1 rings (SSSR count). The third kappa shape index (κ3) is 9.54. The maximum absolute atomic E-state index is 5.36. The molecule has 0 saturated carbocycles. The lowest BCUT2D eigenvalue weighted by Gasteiger charge is -2.17. The number of hydrogen-bond donors (Lipinski definition) is 4. The SMILES string of the molecule is Cc1ccc(NC(=S)NCCN(C)C)cc1NC(=S)NCCN(C)C. The predicted molar refractivity (Wildman–Crippen MR) is 117 cm³/mol. The lowest BCUT2D eigenvalue weighted by molar-refractivity contribution is 0.413. The van der Waals surface area contributed by atoms with Gasteiger partial charge in [0.15, 0.2) is 10.2 Å². The van der Waals surface area contributed by atoms with Gasteiger partial charge in [-0.1, -0.05) is 6.07 Å². The summed E-state index contributed by atoms with van der Waals surface area (Å²) in [7, 11) is 8.14. The molecule has 1 aromatic carbocycles. The lowest BCUT2D eigenvalue weighted by Crippen LogP contribution is -2.35. The van der Waals surface area contributed by atoms with Gasteiger partial charge in [0.2, 0.25) is 0 Å². The maximum Gasteiger partial charge on any atom is 0.170 e. The van der Waals surface area contributed by atoms with Crippen molar-refractivity contribution in [3.63, 3.8) is 0 Å². The fourth-order valence-corrected chi connectivity index (χ4v) is 2.39. The van der Waals surface area contributed by atoms with Gasteiger partial charge >= 0.3 is 0 Å². The van der Waals surface area contributed by atoms with Crippen molar-refractivity contribution in [1.82, 2.24) is 20.4 Å². The van der Waals surface area contributed by atoms with Crippen LogP contribution in [0.5, 0.6) is 0 Å². The summed E-state index contributed by atoms with van der Waals surface area (Å²) in [4.78, 5) is 4.21. The molecule has 0 radical (unpaired) electrons. The van der Waals surface area contributed by atoms with E-state index in [1.54, 1.807) is 0 Å². The summed E-state index contributed by atoms with van der Waals surface area (Å²) >= 11 is 10.7. The van der Waals surface area contributed by atoms with Gasteiger partial charge in [-0.25, -0.2) is 0 Å². The number of nitrogens with one attached hydrogen (secondary N) is 4. The molecule has 6 nitrogen and oxygen atoms in total. The van der Waals surface area contributed by atoms with Crippen molar-refractivity contribution in [2.24, 2.45) is 0 Å². The number of thiocarbonyl (C=S) groups is 2. The molecule has 0 atom stereocenters. The van der Waals surface area contributed by atoms with Gasteiger partial charge in [0, 0.05) is 37.6 Å². The molecule has 25 heavy (non-hydrogen) atoms. The second-order valence-electron chi connectivity index (χ2n) is 6.40. The molecular formula is C17H30N6S2. The molecule has 0 unspecified atom stereocenters. The highest BCUT2D eigenvalue weighted by molar-refractivity contribution is 7.80. The molecule has 0 aliphatic heterocycles. The highest BCUT2D eigenvalue weighted by atomic mass is 32.1. The Morgan fingerprint density at radius 1 is 0.880 bits per heavy atom. The lowest BCUT2D eigenvalue weighted by atomic mass is 10.2. The Morgan fingerprint density at radius 2 is 1.40 bits per heavy atom. The third-order valence-corrected chi connectivity index (χ3v) is 3.93. The first-order chi connectivity index (χ1) is 11.8. The van der Waals surface area contributed by atoms with E-state index in [4.69, 9.17) is 24.4 Å². The molecule has 0 amide bonds. The van der Waals surface area contributed by atoms with Crippen molar-refractivity contribution >= 4 is 46.0 Å². The largest absolute Gasteiger partial charge is 0.361 e. The Balaban J connectivity index is 2.54. The first kappa shape index (κ1) is 21.6. The van der Waals surface area contributed by atoms with Crippen LogP contribution in [0.4, 0.5) is 11.4 Å². The van der Waals surface area contributed by atoms with Crippen molar-refractivity contribution in [3.8, 4) is 0 Å². The molecule has 0 bridgehead atoms. The van der Waals surface area contributed by atoms with Gasteiger partial charge in [-0.2, -0.15) is 0 Å². The zero-order valence-electron chi connectivity index (χ0n) is 15.8. The van der Waals surface area contributed by atoms with E-state index in [9.17, 15) is 0 Å². The molecule has 4 N–H and O–H groups in total. The van der Waals surface area contributed by atoms with E-state index in [2.05, 4.69) is 31.1 Å². The first-order valence-corrected chi connectivity index (χ1v) is 9.09. The van der Waals surface area contributed by atoms with Crippen molar-refractivity contribution in [2.75, 3.05) is 65.0 Å². The summed E-state index contributed by atoms with van der Waals surface area (Å²) in [6.07, 6.45) is 0. The van der Waals surface area contributed by atoms with E-state index >= 15 is 0 Å². The van der Waals surface area contributed by atoms with Crippen LogP contribution in [0.3, 0.4) is 0 Å². The van der Waals surface area contributed by atoms with Crippen LogP contribution in [-0.4, -0.2) is 74.4 Å². The van der Waals surface area contributed by atoms with E-state index in [0.717, 1.165) is 43.1 Å². The Labute approximate surface area is 162 Å². The smallest absolute Gasteiger partial charge is 0.170 e. The summed E-state index contributed by atoms with van der Waals surface area (Å²) in [5, 5.41) is 14.1. The van der Waals surface area contributed by atoms with Crippen LogP contribution in [0.2, 0.25) is 0 Å². The Bertz CT molecular complexity index is 574. The van der Waals surface area contributed by atoms with Gasteiger partial charge in [0.1, 0.15) is 0 Å². The minimum atomic E-state index is 0.614. The zero-order chi connectivity index (χ0) is 18.8. The average molecular weight is 383 g/mol. The van der Waals surface area contributed by atoms with Crippen molar-refractivity contribution < 1.29 is 0 Å². The van der Waals surface area contributed by atoms with Gasteiger partial charge in [-0.05, 0) is 77.2 Å². The number of hydrogen-bond acceptors (Lipinski definition) is 4. The van der Waals surface area contributed by atoms with Crippen molar-refractivity contribution in [3.05, 3.63) is 23.8 Å². The topological polar surface area (TPSA) is 54.6 Å². The number of benzene rings is 1. The Morgan fingerprint density at radius 3 is 1.92 bits per heavy atom. The summed E-state index contributed by atoms with van der Waals surface area (Å²) in [5.41, 5.74) is 3.00. The molecule has 1 aromatic rings. The molecule has 0 spiro atoms. The molecule has 0 aliphatic carbocycles. The number of nitrogens with zero attached hydrogens (tertiary/aromatic N) is 2. The fourth-order valence-electron chi connectivity index (χ4n) is 1.96. The van der Waals surface area contributed by atoms with Crippen molar-refractivity contribution in [2.45, 2.75) is 6.92 Å². The molecule has 0 aliphatic rings. The quantitative estimate of drug-likeness (QED) is 0.507. The third-order valence-electron chi connectivity index (χ3n) is 3.43. The van der Waals surface area contributed by atoms with Gasteiger partial charge in [0.25, 0.3) is 0 Å². The average Bonchev–Trinajstić information content (AvgIpc) is 2.49. The van der Waals surface area contributed by atoms with Crippen LogP contribution in [0.15, 0.2) is 18.2 Å². The van der Waals surface area contributed by atoms with E-state index in [0.29, 0.717) is 10.2 Å². The predicted octanol–water partition coefficient (Wildman–Crippen LogP) is 1.69. The standard InChI is InChI=1S/C17H30N6S2/c1-13-6-7-14(20-16(24)18-8-10-22(2)3)12-15(13)21-17(25)19-9-11-23(4)5/h6-7,12H,8-11H2,1-5H3,(H2,18,20,24)(H2,19,21,25). The molecule has 140 valence electrons. The van der Waals surface area contributed by atoms with E-state index in [1.165, 1.54) is 0 Å². The van der Waals surface area contributed by atoms with Crippen LogP contribution in [0.1, 0.15) is 5.56 Å². The number of anilines is 2. The number of aryl methyl sites for hydroxylation is 1.